The van der Waals surface area contributed by atoms with Gasteiger partial charge in [-0.3, -0.25) is 4.98 Å². The molecule has 5 nitrogen and oxygen atoms in total. The highest BCUT2D eigenvalue weighted by Crippen LogP contribution is 2.31. The molecule has 0 spiro atoms. The fourth-order valence-electron chi connectivity index (χ4n) is 1.90. The van der Waals surface area contributed by atoms with Crippen molar-refractivity contribution in [3.63, 3.8) is 0 Å². The molecule has 21 heavy (non-hydrogen) atoms. The second kappa shape index (κ2) is 5.63. The maximum atomic E-state index is 6.04. The van der Waals surface area contributed by atoms with Gasteiger partial charge in [-0.15, -0.1) is 10.2 Å². The van der Waals surface area contributed by atoms with E-state index >= 15 is 0 Å². The molecule has 1 aromatic carbocycles. The summed E-state index contributed by atoms with van der Waals surface area (Å²) in [5.74, 6) is 0.0764. The van der Waals surface area contributed by atoms with Gasteiger partial charge < -0.3 is 5.73 Å². The van der Waals surface area contributed by atoms with Crippen molar-refractivity contribution in [3.05, 3.63) is 52.6 Å². The lowest BCUT2D eigenvalue weighted by Crippen LogP contribution is -2.03. The Balaban J connectivity index is 2.23. The average molecular weight is 318 g/mol. The van der Waals surface area contributed by atoms with Crippen LogP contribution < -0.4 is 5.73 Å². The number of nitrogens with zero attached hydrogens (tertiary/aromatic N) is 4. The van der Waals surface area contributed by atoms with Crippen LogP contribution >= 0.6 is 23.2 Å². The Kier molecular flexibility index (Phi) is 3.68. The normalized spacial score (nSPS) is 10.6. The molecule has 2 heterocycles. The molecule has 2 aromatic heterocycles. The molecule has 0 aliphatic carbocycles. The van der Waals surface area contributed by atoms with Crippen LogP contribution in [0.3, 0.4) is 0 Å². The van der Waals surface area contributed by atoms with E-state index in [1.807, 2.05) is 18.2 Å². The summed E-state index contributed by atoms with van der Waals surface area (Å²) >= 11 is 12.1. The minimum atomic E-state index is 0.0764. The maximum absolute atomic E-state index is 6.04. The Morgan fingerprint density at radius 3 is 2.33 bits per heavy atom. The standard InChI is InChI=1S/C14H9Cl2N5/c15-9-5-8(6-10(16)7-9)12-13(19-14(17)21-20-12)11-3-1-2-4-18-11/h1-7H,(H2,17,19,21). The van der Waals surface area contributed by atoms with E-state index in [2.05, 4.69) is 20.2 Å². The molecule has 0 saturated heterocycles. The summed E-state index contributed by atoms with van der Waals surface area (Å²) in [6.45, 7) is 0. The van der Waals surface area contributed by atoms with Gasteiger partial charge in [0.1, 0.15) is 11.4 Å². The number of aromatic nitrogens is 4. The van der Waals surface area contributed by atoms with Gasteiger partial charge in [-0.05, 0) is 30.3 Å². The van der Waals surface area contributed by atoms with Crippen molar-refractivity contribution in [1.29, 1.82) is 0 Å². The van der Waals surface area contributed by atoms with Gasteiger partial charge in [-0.2, -0.15) is 0 Å². The van der Waals surface area contributed by atoms with E-state index in [-0.39, 0.29) is 5.95 Å². The molecule has 0 aliphatic heterocycles. The smallest absolute Gasteiger partial charge is 0.240 e. The third-order valence-electron chi connectivity index (χ3n) is 2.75. The fourth-order valence-corrected chi connectivity index (χ4v) is 2.43. The van der Waals surface area contributed by atoms with Crippen LogP contribution in [0.5, 0.6) is 0 Å². The number of benzene rings is 1. The monoisotopic (exact) mass is 317 g/mol. The predicted octanol–water partition coefficient (Wildman–Crippen LogP) is 3.49. The largest absolute Gasteiger partial charge is 0.366 e. The summed E-state index contributed by atoms with van der Waals surface area (Å²) in [5.41, 5.74) is 8.03. The van der Waals surface area contributed by atoms with Gasteiger partial charge in [-0.1, -0.05) is 29.3 Å². The van der Waals surface area contributed by atoms with Crippen molar-refractivity contribution in [2.24, 2.45) is 0 Å². The predicted molar refractivity (Wildman–Crippen MR) is 82.9 cm³/mol. The van der Waals surface area contributed by atoms with Crippen LogP contribution in [0.2, 0.25) is 10.0 Å². The number of pyridine rings is 1. The van der Waals surface area contributed by atoms with Crippen molar-refractivity contribution in [1.82, 2.24) is 20.2 Å². The molecule has 0 unspecified atom stereocenters. The van der Waals surface area contributed by atoms with Crippen LogP contribution in [0.15, 0.2) is 42.6 Å². The van der Waals surface area contributed by atoms with E-state index in [9.17, 15) is 0 Å². The van der Waals surface area contributed by atoms with Gasteiger partial charge >= 0.3 is 0 Å². The molecular weight excluding hydrogens is 309 g/mol. The van der Waals surface area contributed by atoms with E-state index < -0.39 is 0 Å². The van der Waals surface area contributed by atoms with Crippen LogP contribution in [0.1, 0.15) is 0 Å². The second-order valence-electron chi connectivity index (χ2n) is 4.24. The Morgan fingerprint density at radius 1 is 0.905 bits per heavy atom. The minimum Gasteiger partial charge on any atom is -0.366 e. The van der Waals surface area contributed by atoms with E-state index in [0.717, 1.165) is 0 Å². The lowest BCUT2D eigenvalue weighted by Gasteiger charge is -2.08. The number of anilines is 1. The lowest BCUT2D eigenvalue weighted by atomic mass is 10.1. The quantitative estimate of drug-likeness (QED) is 0.782. The lowest BCUT2D eigenvalue weighted by molar-refractivity contribution is 0.993. The molecule has 0 bridgehead atoms. The van der Waals surface area contributed by atoms with E-state index in [0.29, 0.717) is 32.7 Å². The van der Waals surface area contributed by atoms with Crippen LogP contribution in [0, 0.1) is 0 Å². The third-order valence-corrected chi connectivity index (χ3v) is 3.18. The zero-order valence-electron chi connectivity index (χ0n) is 10.7. The summed E-state index contributed by atoms with van der Waals surface area (Å²) in [6, 6.07) is 10.6. The first-order valence-corrected chi connectivity index (χ1v) is 6.77. The molecule has 2 N–H and O–H groups in total. The summed E-state index contributed by atoms with van der Waals surface area (Å²) in [6.07, 6.45) is 1.67. The van der Waals surface area contributed by atoms with Crippen LogP contribution in [-0.2, 0) is 0 Å². The number of halogens is 2. The highest BCUT2D eigenvalue weighted by Gasteiger charge is 2.14. The SMILES string of the molecule is Nc1nnc(-c2cc(Cl)cc(Cl)c2)c(-c2ccccn2)n1. The van der Waals surface area contributed by atoms with E-state index in [4.69, 9.17) is 28.9 Å². The molecule has 0 amide bonds. The second-order valence-corrected chi connectivity index (χ2v) is 5.11. The Bertz CT molecular complexity index is 772. The van der Waals surface area contributed by atoms with Crippen molar-refractivity contribution < 1.29 is 0 Å². The van der Waals surface area contributed by atoms with Crippen molar-refractivity contribution >= 4 is 29.2 Å². The topological polar surface area (TPSA) is 77.6 Å². The highest BCUT2D eigenvalue weighted by atomic mass is 35.5. The fraction of sp³-hybridized carbons (Fsp3) is 0. The minimum absolute atomic E-state index is 0.0764. The number of hydrogen-bond acceptors (Lipinski definition) is 5. The first-order valence-electron chi connectivity index (χ1n) is 6.01. The molecule has 3 rings (SSSR count). The van der Waals surface area contributed by atoms with Gasteiger partial charge in [0.2, 0.25) is 5.95 Å². The van der Waals surface area contributed by atoms with Crippen molar-refractivity contribution in [2.45, 2.75) is 0 Å². The zero-order valence-corrected chi connectivity index (χ0v) is 12.2. The molecule has 7 heteroatoms. The molecule has 0 atom stereocenters. The number of nitrogens with two attached hydrogens (primary N) is 1. The van der Waals surface area contributed by atoms with Gasteiger partial charge in [0.25, 0.3) is 0 Å². The molecule has 3 aromatic rings. The zero-order chi connectivity index (χ0) is 14.8. The molecule has 0 radical (unpaired) electrons. The number of nitrogen functional groups attached to an aromatic ring is 1. The molecular formula is C14H9Cl2N5. The van der Waals surface area contributed by atoms with E-state index in [1.54, 1.807) is 24.4 Å². The molecule has 104 valence electrons. The van der Waals surface area contributed by atoms with Crippen molar-refractivity contribution in [2.75, 3.05) is 5.73 Å². The van der Waals surface area contributed by atoms with Crippen LogP contribution in [0.25, 0.3) is 22.6 Å². The van der Waals surface area contributed by atoms with Gasteiger partial charge in [0.15, 0.2) is 0 Å². The summed E-state index contributed by atoms with van der Waals surface area (Å²) < 4.78 is 0. The molecule has 0 saturated carbocycles. The first kappa shape index (κ1) is 13.7. The van der Waals surface area contributed by atoms with Gasteiger partial charge in [-0.25, -0.2) is 4.98 Å². The third kappa shape index (κ3) is 2.94. The van der Waals surface area contributed by atoms with Crippen LogP contribution in [0.4, 0.5) is 5.95 Å². The Morgan fingerprint density at radius 2 is 1.67 bits per heavy atom. The van der Waals surface area contributed by atoms with Crippen molar-refractivity contribution in [3.8, 4) is 22.6 Å². The molecule has 0 fully saturated rings. The van der Waals surface area contributed by atoms with Gasteiger partial charge in [0, 0.05) is 21.8 Å². The summed E-state index contributed by atoms with van der Waals surface area (Å²) in [5, 5.41) is 8.92. The Hall–Kier alpha value is -2.24. The summed E-state index contributed by atoms with van der Waals surface area (Å²) in [7, 11) is 0. The molecule has 0 aliphatic rings. The van der Waals surface area contributed by atoms with E-state index in [1.165, 1.54) is 0 Å². The Labute approximate surface area is 130 Å². The van der Waals surface area contributed by atoms with Gasteiger partial charge in [0.05, 0.1) is 5.69 Å². The highest BCUT2D eigenvalue weighted by molar-refractivity contribution is 6.35. The summed E-state index contributed by atoms with van der Waals surface area (Å²) in [4.78, 5) is 8.50. The first-order chi connectivity index (χ1) is 10.1. The maximum Gasteiger partial charge on any atom is 0.240 e. The number of hydrogen-bond donors (Lipinski definition) is 1. The number of rotatable bonds is 2. The average Bonchev–Trinajstić information content (AvgIpc) is 2.47. The van der Waals surface area contributed by atoms with Crippen LogP contribution in [-0.4, -0.2) is 20.2 Å².